The van der Waals surface area contributed by atoms with Crippen LogP contribution < -0.4 is 11.1 Å². The number of para-hydroxylation sites is 2. The fourth-order valence-electron chi connectivity index (χ4n) is 2.25. The molecule has 0 aliphatic carbocycles. The van der Waals surface area contributed by atoms with Crippen molar-refractivity contribution in [2.75, 3.05) is 11.1 Å². The summed E-state index contributed by atoms with van der Waals surface area (Å²) >= 11 is 0. The van der Waals surface area contributed by atoms with E-state index in [2.05, 4.69) is 5.32 Å². The monoisotopic (exact) mass is 283 g/mol. The van der Waals surface area contributed by atoms with Crippen molar-refractivity contribution in [2.24, 2.45) is 0 Å². The minimum absolute atomic E-state index is 0.0985. The highest BCUT2D eigenvalue weighted by atomic mass is 19.1. The number of nitrogens with one attached hydrogen (secondary N) is 1. The van der Waals surface area contributed by atoms with Crippen molar-refractivity contribution in [3.63, 3.8) is 0 Å². The van der Waals surface area contributed by atoms with Crippen LogP contribution in [-0.4, -0.2) is 10.5 Å². The number of rotatable bonds is 3. The molecule has 1 aromatic heterocycles. The Morgan fingerprint density at radius 3 is 2.81 bits per heavy atom. The second-order valence-corrected chi connectivity index (χ2v) is 4.78. The number of hydrogen-bond donors (Lipinski definition) is 2. The minimum Gasteiger partial charge on any atom is -0.397 e. The quantitative estimate of drug-likeness (QED) is 0.726. The number of nitrogens with two attached hydrogens (primary N) is 1. The lowest BCUT2D eigenvalue weighted by Gasteiger charge is -2.09. The molecule has 0 saturated heterocycles. The molecule has 4 nitrogen and oxygen atoms in total. The Hall–Kier alpha value is -2.82. The fourth-order valence-corrected chi connectivity index (χ4v) is 2.25. The summed E-state index contributed by atoms with van der Waals surface area (Å²) in [5.74, 6) is -0.537. The average Bonchev–Trinajstić information content (AvgIpc) is 2.84. The molecule has 0 aliphatic rings. The molecule has 0 atom stereocenters. The highest BCUT2D eigenvalue weighted by Crippen LogP contribution is 2.19. The summed E-state index contributed by atoms with van der Waals surface area (Å²) < 4.78 is 15.0. The zero-order valence-electron chi connectivity index (χ0n) is 11.2. The second-order valence-electron chi connectivity index (χ2n) is 4.78. The third-order valence-electron chi connectivity index (χ3n) is 3.28. The van der Waals surface area contributed by atoms with E-state index >= 15 is 0 Å². The van der Waals surface area contributed by atoms with Crippen LogP contribution in [0, 0.1) is 5.82 Å². The molecular formula is C16H14FN3O. The zero-order valence-corrected chi connectivity index (χ0v) is 11.2. The summed E-state index contributed by atoms with van der Waals surface area (Å²) in [5.41, 5.74) is 7.55. The van der Waals surface area contributed by atoms with Crippen molar-refractivity contribution in [1.82, 2.24) is 4.57 Å². The maximum atomic E-state index is 13.3. The summed E-state index contributed by atoms with van der Waals surface area (Å²) in [6.07, 6.45) is 1.76. The molecular weight excluding hydrogens is 269 g/mol. The van der Waals surface area contributed by atoms with Crippen LogP contribution in [0.1, 0.15) is 0 Å². The Morgan fingerprint density at radius 1 is 1.19 bits per heavy atom. The maximum Gasteiger partial charge on any atom is 0.244 e. The van der Waals surface area contributed by atoms with Crippen molar-refractivity contribution in [3.8, 4) is 0 Å². The van der Waals surface area contributed by atoms with Crippen LogP contribution in [0.5, 0.6) is 0 Å². The molecule has 21 heavy (non-hydrogen) atoms. The second kappa shape index (κ2) is 5.28. The molecule has 0 unspecified atom stereocenters. The van der Waals surface area contributed by atoms with E-state index in [9.17, 15) is 9.18 Å². The Kier molecular flexibility index (Phi) is 3.31. The molecule has 0 radical (unpaired) electrons. The molecule has 0 bridgehead atoms. The van der Waals surface area contributed by atoms with Crippen LogP contribution in [0.25, 0.3) is 10.9 Å². The van der Waals surface area contributed by atoms with Crippen LogP contribution in [0.15, 0.2) is 54.7 Å². The lowest BCUT2D eigenvalue weighted by molar-refractivity contribution is -0.116. The van der Waals surface area contributed by atoms with E-state index in [4.69, 9.17) is 5.73 Å². The van der Waals surface area contributed by atoms with Gasteiger partial charge in [-0.2, -0.15) is 0 Å². The Balaban J connectivity index is 1.80. The number of aromatic nitrogens is 1. The van der Waals surface area contributed by atoms with Gasteiger partial charge in [0.2, 0.25) is 5.91 Å². The van der Waals surface area contributed by atoms with E-state index in [1.54, 1.807) is 41.1 Å². The van der Waals surface area contributed by atoms with Crippen molar-refractivity contribution >= 4 is 28.2 Å². The summed E-state index contributed by atoms with van der Waals surface area (Å²) in [7, 11) is 0. The Bertz CT molecular complexity index is 810. The van der Waals surface area contributed by atoms with E-state index in [0.717, 1.165) is 5.39 Å². The molecule has 0 aliphatic heterocycles. The van der Waals surface area contributed by atoms with E-state index < -0.39 is 0 Å². The first kappa shape index (κ1) is 13.2. The van der Waals surface area contributed by atoms with Crippen LogP contribution in [0.2, 0.25) is 0 Å². The summed E-state index contributed by atoms with van der Waals surface area (Å²) in [6, 6.07) is 13.4. The van der Waals surface area contributed by atoms with Gasteiger partial charge in [-0.05, 0) is 41.8 Å². The van der Waals surface area contributed by atoms with Gasteiger partial charge < -0.3 is 15.6 Å². The highest BCUT2D eigenvalue weighted by molar-refractivity contribution is 5.94. The van der Waals surface area contributed by atoms with Gasteiger partial charge in [0.15, 0.2) is 0 Å². The predicted molar refractivity (Wildman–Crippen MR) is 81.4 cm³/mol. The molecule has 1 heterocycles. The molecule has 0 saturated carbocycles. The Morgan fingerprint density at radius 2 is 2.00 bits per heavy atom. The van der Waals surface area contributed by atoms with Gasteiger partial charge >= 0.3 is 0 Å². The molecule has 3 aromatic rings. The van der Waals surface area contributed by atoms with Crippen LogP contribution >= 0.6 is 0 Å². The number of halogens is 1. The molecule has 5 heteroatoms. The third-order valence-corrected chi connectivity index (χ3v) is 3.28. The normalized spacial score (nSPS) is 10.7. The molecule has 0 spiro atoms. The number of fused-ring (bicyclic) bond motifs is 1. The molecule has 3 rings (SSSR count). The number of anilines is 2. The standard InChI is InChI=1S/C16H14FN3O/c17-12-6-5-11-7-8-20(15(11)9-12)10-16(21)19-14-4-2-1-3-13(14)18/h1-9H,10,18H2,(H,19,21). The smallest absolute Gasteiger partial charge is 0.244 e. The van der Waals surface area contributed by atoms with Crippen LogP contribution in [0.3, 0.4) is 0 Å². The van der Waals surface area contributed by atoms with Gasteiger partial charge in [-0.15, -0.1) is 0 Å². The van der Waals surface area contributed by atoms with E-state index in [1.807, 2.05) is 6.07 Å². The fraction of sp³-hybridized carbons (Fsp3) is 0.0625. The SMILES string of the molecule is Nc1ccccc1NC(=O)Cn1ccc2ccc(F)cc21. The van der Waals surface area contributed by atoms with Gasteiger partial charge in [0.05, 0.1) is 16.9 Å². The molecule has 1 amide bonds. The lowest BCUT2D eigenvalue weighted by Crippen LogP contribution is -2.18. The highest BCUT2D eigenvalue weighted by Gasteiger charge is 2.08. The van der Waals surface area contributed by atoms with Gasteiger partial charge in [0.1, 0.15) is 12.4 Å². The first-order valence-electron chi connectivity index (χ1n) is 6.52. The topological polar surface area (TPSA) is 60.0 Å². The maximum absolute atomic E-state index is 13.3. The van der Waals surface area contributed by atoms with Crippen molar-refractivity contribution in [1.29, 1.82) is 0 Å². The van der Waals surface area contributed by atoms with Gasteiger partial charge in [0, 0.05) is 6.20 Å². The predicted octanol–water partition coefficient (Wildman–Crippen LogP) is 3.00. The lowest BCUT2D eigenvalue weighted by atomic mass is 10.2. The van der Waals surface area contributed by atoms with Gasteiger partial charge in [-0.25, -0.2) is 4.39 Å². The van der Waals surface area contributed by atoms with Gasteiger partial charge in [-0.1, -0.05) is 12.1 Å². The molecule has 0 fully saturated rings. The van der Waals surface area contributed by atoms with Crippen molar-refractivity contribution < 1.29 is 9.18 Å². The summed E-state index contributed by atoms with van der Waals surface area (Å²) in [6.45, 7) is 0.0985. The number of carbonyl (C=O) groups is 1. The van der Waals surface area contributed by atoms with Crippen molar-refractivity contribution in [2.45, 2.75) is 6.54 Å². The first-order chi connectivity index (χ1) is 10.1. The number of carbonyl (C=O) groups excluding carboxylic acids is 1. The minimum atomic E-state index is -0.324. The summed E-state index contributed by atoms with van der Waals surface area (Å²) in [5, 5.41) is 3.64. The number of amides is 1. The molecule has 2 aromatic carbocycles. The Labute approximate surface area is 121 Å². The molecule has 3 N–H and O–H groups in total. The van der Waals surface area contributed by atoms with E-state index in [-0.39, 0.29) is 18.3 Å². The van der Waals surface area contributed by atoms with Crippen LogP contribution in [-0.2, 0) is 11.3 Å². The first-order valence-corrected chi connectivity index (χ1v) is 6.52. The van der Waals surface area contributed by atoms with E-state index in [0.29, 0.717) is 16.9 Å². The zero-order chi connectivity index (χ0) is 14.8. The van der Waals surface area contributed by atoms with E-state index in [1.165, 1.54) is 12.1 Å². The third kappa shape index (κ3) is 2.72. The average molecular weight is 283 g/mol. The number of nitrogens with zero attached hydrogens (tertiary/aromatic N) is 1. The number of nitrogen functional groups attached to an aromatic ring is 1. The largest absolute Gasteiger partial charge is 0.397 e. The summed E-state index contributed by atoms with van der Waals surface area (Å²) in [4.78, 5) is 12.1. The molecule has 106 valence electrons. The van der Waals surface area contributed by atoms with Crippen molar-refractivity contribution in [3.05, 3.63) is 60.5 Å². The number of hydrogen-bond acceptors (Lipinski definition) is 2. The van der Waals surface area contributed by atoms with Gasteiger partial charge in [-0.3, -0.25) is 4.79 Å². The number of benzene rings is 2. The van der Waals surface area contributed by atoms with Crippen LogP contribution in [0.4, 0.5) is 15.8 Å². The van der Waals surface area contributed by atoms with Gasteiger partial charge in [0.25, 0.3) is 0 Å².